The Morgan fingerprint density at radius 2 is 2.00 bits per heavy atom. The van der Waals surface area contributed by atoms with Gasteiger partial charge in [0.05, 0.1) is 0 Å². The summed E-state index contributed by atoms with van der Waals surface area (Å²) in [5.41, 5.74) is 1.20. The van der Waals surface area contributed by atoms with Gasteiger partial charge >= 0.3 is 0 Å². The van der Waals surface area contributed by atoms with Crippen LogP contribution < -0.4 is 5.32 Å². The van der Waals surface area contributed by atoms with Crippen LogP contribution in [0.25, 0.3) is 0 Å². The molecule has 1 unspecified atom stereocenters. The van der Waals surface area contributed by atoms with Crippen LogP contribution in [-0.4, -0.2) is 12.6 Å². The zero-order chi connectivity index (χ0) is 15.5. The minimum atomic E-state index is -0.140. The Hall–Kier alpha value is -0.600. The quantitative estimate of drug-likeness (QED) is 0.786. The lowest BCUT2D eigenvalue weighted by Gasteiger charge is -2.38. The summed E-state index contributed by atoms with van der Waals surface area (Å²) in [5, 5.41) is 4.18. The van der Waals surface area contributed by atoms with Gasteiger partial charge in [0, 0.05) is 11.1 Å². The molecule has 1 saturated carbocycles. The summed E-state index contributed by atoms with van der Waals surface area (Å²) < 4.78 is 14.0. The molecule has 0 aromatic heterocycles. The van der Waals surface area contributed by atoms with E-state index in [9.17, 15) is 4.39 Å². The summed E-state index contributed by atoms with van der Waals surface area (Å²) in [6.45, 7) is 7.74. The van der Waals surface area contributed by atoms with E-state index in [0.29, 0.717) is 22.4 Å². The number of likely N-dealkylation sites (N-methyl/N-ethyl adjacent to an activating group) is 1. The van der Waals surface area contributed by atoms with Crippen molar-refractivity contribution >= 4 is 11.6 Å². The zero-order valence-corrected chi connectivity index (χ0v) is 14.1. The maximum atomic E-state index is 14.0. The van der Waals surface area contributed by atoms with Gasteiger partial charge in [0.25, 0.3) is 0 Å². The molecule has 1 aliphatic rings. The fraction of sp³-hybridized carbons (Fsp3) is 0.667. The number of rotatable bonds is 5. The van der Waals surface area contributed by atoms with Crippen molar-refractivity contribution in [1.82, 2.24) is 5.32 Å². The maximum absolute atomic E-state index is 14.0. The highest BCUT2D eigenvalue weighted by atomic mass is 35.5. The van der Waals surface area contributed by atoms with E-state index in [-0.39, 0.29) is 5.82 Å². The number of hydrogen-bond acceptors (Lipinski definition) is 1. The van der Waals surface area contributed by atoms with Gasteiger partial charge in [0.2, 0.25) is 0 Å². The first kappa shape index (κ1) is 16.8. The molecule has 0 aliphatic heterocycles. The van der Waals surface area contributed by atoms with Crippen molar-refractivity contribution in [3.63, 3.8) is 0 Å². The summed E-state index contributed by atoms with van der Waals surface area (Å²) in [6.07, 6.45) is 5.71. The number of halogens is 2. The molecule has 118 valence electrons. The monoisotopic (exact) mass is 311 g/mol. The second-order valence-electron chi connectivity index (χ2n) is 7.11. The van der Waals surface area contributed by atoms with E-state index in [1.54, 1.807) is 12.1 Å². The van der Waals surface area contributed by atoms with Crippen molar-refractivity contribution < 1.29 is 4.39 Å². The maximum Gasteiger partial charge on any atom is 0.126 e. The van der Waals surface area contributed by atoms with Crippen molar-refractivity contribution in [2.24, 2.45) is 11.3 Å². The first-order valence-corrected chi connectivity index (χ1v) is 8.46. The minimum Gasteiger partial charge on any atom is -0.314 e. The van der Waals surface area contributed by atoms with Crippen molar-refractivity contribution in [1.29, 1.82) is 0 Å². The van der Waals surface area contributed by atoms with E-state index in [1.807, 2.05) is 0 Å². The fourth-order valence-electron chi connectivity index (χ4n) is 3.43. The molecular formula is C18H27ClFN. The summed E-state index contributed by atoms with van der Waals surface area (Å²) in [4.78, 5) is 0. The molecule has 1 N–H and O–H groups in total. The van der Waals surface area contributed by atoms with Crippen LogP contribution in [0.3, 0.4) is 0 Å². The van der Waals surface area contributed by atoms with E-state index in [0.717, 1.165) is 18.5 Å². The van der Waals surface area contributed by atoms with Crippen LogP contribution in [0.5, 0.6) is 0 Å². The molecule has 3 heteroatoms. The van der Waals surface area contributed by atoms with Crippen molar-refractivity contribution in [2.75, 3.05) is 6.54 Å². The van der Waals surface area contributed by atoms with Crippen LogP contribution in [0.4, 0.5) is 4.39 Å². The smallest absolute Gasteiger partial charge is 0.126 e. The largest absolute Gasteiger partial charge is 0.314 e. The summed E-state index contributed by atoms with van der Waals surface area (Å²) in [6, 6.07) is 5.21. The Balaban J connectivity index is 2.07. The highest BCUT2D eigenvalue weighted by Gasteiger charge is 2.31. The molecule has 0 radical (unpaired) electrons. The van der Waals surface area contributed by atoms with E-state index in [4.69, 9.17) is 11.6 Å². The Labute approximate surface area is 133 Å². The fourth-order valence-corrected chi connectivity index (χ4v) is 3.62. The second-order valence-corrected chi connectivity index (χ2v) is 7.54. The lowest BCUT2D eigenvalue weighted by Crippen LogP contribution is -2.40. The molecule has 1 fully saturated rings. The van der Waals surface area contributed by atoms with Gasteiger partial charge in [0.15, 0.2) is 0 Å². The summed E-state index contributed by atoms with van der Waals surface area (Å²) in [5.74, 6) is 0.495. The third kappa shape index (κ3) is 4.69. The second kappa shape index (κ2) is 7.11. The molecule has 0 bridgehead atoms. The van der Waals surface area contributed by atoms with E-state index in [2.05, 4.69) is 26.1 Å². The lowest BCUT2D eigenvalue weighted by molar-refractivity contribution is 0.161. The van der Waals surface area contributed by atoms with Gasteiger partial charge in [-0.25, -0.2) is 4.39 Å². The highest BCUT2D eigenvalue weighted by molar-refractivity contribution is 6.30. The number of hydrogen-bond donors (Lipinski definition) is 1. The third-order valence-corrected chi connectivity index (χ3v) is 5.10. The molecule has 21 heavy (non-hydrogen) atoms. The van der Waals surface area contributed by atoms with Crippen molar-refractivity contribution in [2.45, 2.75) is 58.9 Å². The Morgan fingerprint density at radius 1 is 1.33 bits per heavy atom. The van der Waals surface area contributed by atoms with Crippen molar-refractivity contribution in [3.05, 3.63) is 34.6 Å². The topological polar surface area (TPSA) is 12.0 Å². The summed E-state index contributed by atoms with van der Waals surface area (Å²) >= 11 is 6.01. The third-order valence-electron chi connectivity index (χ3n) is 4.87. The Kier molecular flexibility index (Phi) is 5.67. The molecule has 1 aromatic rings. The predicted octanol–water partition coefficient (Wildman–Crippen LogP) is 5.22. The van der Waals surface area contributed by atoms with Gasteiger partial charge in [-0.05, 0) is 73.7 Å². The Bertz CT molecular complexity index is 462. The van der Waals surface area contributed by atoms with Crippen LogP contribution in [0.15, 0.2) is 18.2 Å². The van der Waals surface area contributed by atoms with Crippen LogP contribution in [0, 0.1) is 17.2 Å². The molecule has 1 aromatic carbocycles. The zero-order valence-electron chi connectivity index (χ0n) is 13.4. The molecule has 0 amide bonds. The minimum absolute atomic E-state index is 0.140. The van der Waals surface area contributed by atoms with Crippen LogP contribution in [-0.2, 0) is 6.42 Å². The van der Waals surface area contributed by atoms with Gasteiger partial charge in [-0.3, -0.25) is 0 Å². The van der Waals surface area contributed by atoms with Gasteiger partial charge < -0.3 is 5.32 Å². The van der Waals surface area contributed by atoms with Gasteiger partial charge in [0.1, 0.15) is 5.82 Å². The lowest BCUT2D eigenvalue weighted by atomic mass is 9.70. The normalized spacial score (nSPS) is 20.4. The molecule has 1 aliphatic carbocycles. The first-order valence-electron chi connectivity index (χ1n) is 8.08. The SMILES string of the molecule is CCNC(Cc1cc(Cl)ccc1F)C1CCC(C)(C)CC1. The molecule has 0 heterocycles. The van der Waals surface area contributed by atoms with Crippen LogP contribution in [0.1, 0.15) is 52.0 Å². The van der Waals surface area contributed by atoms with E-state index < -0.39 is 0 Å². The molecule has 1 atom stereocenters. The summed E-state index contributed by atoms with van der Waals surface area (Å²) in [7, 11) is 0. The molecule has 0 saturated heterocycles. The molecular weight excluding hydrogens is 285 g/mol. The number of nitrogens with one attached hydrogen (secondary N) is 1. The average molecular weight is 312 g/mol. The molecule has 0 spiro atoms. The van der Waals surface area contributed by atoms with Crippen LogP contribution in [0.2, 0.25) is 5.02 Å². The van der Waals surface area contributed by atoms with E-state index in [1.165, 1.54) is 31.7 Å². The van der Waals surface area contributed by atoms with Gasteiger partial charge in [-0.1, -0.05) is 32.4 Å². The van der Waals surface area contributed by atoms with E-state index >= 15 is 0 Å². The predicted molar refractivity (Wildman–Crippen MR) is 88.3 cm³/mol. The highest BCUT2D eigenvalue weighted by Crippen LogP contribution is 2.39. The number of benzene rings is 1. The first-order chi connectivity index (χ1) is 9.91. The van der Waals surface area contributed by atoms with Gasteiger partial charge in [-0.2, -0.15) is 0 Å². The average Bonchev–Trinajstić information content (AvgIpc) is 2.42. The van der Waals surface area contributed by atoms with Crippen molar-refractivity contribution in [3.8, 4) is 0 Å². The standard InChI is InChI=1S/C18H27ClFN/c1-4-21-17(13-7-9-18(2,3)10-8-13)12-14-11-15(19)5-6-16(14)20/h5-6,11,13,17,21H,4,7-10,12H2,1-3H3. The molecule has 2 rings (SSSR count). The van der Waals surface area contributed by atoms with Crippen LogP contribution >= 0.6 is 11.6 Å². The molecule has 1 nitrogen and oxygen atoms in total. The van der Waals surface area contributed by atoms with Gasteiger partial charge in [-0.15, -0.1) is 0 Å². The Morgan fingerprint density at radius 3 is 2.62 bits per heavy atom.